The molecular weight excluding hydrogens is 259 g/mol. The fourth-order valence-electron chi connectivity index (χ4n) is 1.78. The Morgan fingerprint density at radius 3 is 2.32 bits per heavy atom. The molecule has 3 rings (SSSR count). The van der Waals surface area contributed by atoms with E-state index >= 15 is 0 Å². The van der Waals surface area contributed by atoms with Gasteiger partial charge < -0.3 is 9.73 Å². The van der Waals surface area contributed by atoms with Crippen molar-refractivity contribution in [2.45, 2.75) is 12.1 Å². The summed E-state index contributed by atoms with van der Waals surface area (Å²) in [6.07, 6.45) is -4.34. The largest absolute Gasteiger partial charge is 0.420 e. The minimum Gasteiger partial charge on any atom is -0.420 e. The molecule has 0 saturated carbocycles. The Balaban J connectivity index is 1.83. The lowest BCUT2D eigenvalue weighted by atomic mass is 10.0. The summed E-state index contributed by atoms with van der Waals surface area (Å²) < 4.78 is 42.7. The highest BCUT2D eigenvalue weighted by atomic mass is 19.4. The van der Waals surface area contributed by atoms with Crippen molar-refractivity contribution < 1.29 is 17.6 Å². The van der Waals surface area contributed by atoms with E-state index in [-0.39, 0.29) is 11.8 Å². The Bertz CT molecular complexity index is 573. The van der Waals surface area contributed by atoms with Gasteiger partial charge in [0.25, 0.3) is 0 Å². The Morgan fingerprint density at radius 2 is 1.79 bits per heavy atom. The average molecular weight is 269 g/mol. The van der Waals surface area contributed by atoms with E-state index in [2.05, 4.69) is 15.5 Å². The van der Waals surface area contributed by atoms with Gasteiger partial charge in [-0.25, -0.2) is 0 Å². The molecule has 2 aromatic rings. The van der Waals surface area contributed by atoms with Crippen LogP contribution in [0.3, 0.4) is 0 Å². The molecule has 0 spiro atoms. The number of nitrogens with zero attached hydrogens (tertiary/aromatic N) is 2. The lowest BCUT2D eigenvalue weighted by Crippen LogP contribution is -2.40. The van der Waals surface area contributed by atoms with E-state index in [4.69, 9.17) is 4.42 Å². The van der Waals surface area contributed by atoms with Gasteiger partial charge in [0.1, 0.15) is 0 Å². The molecule has 0 atom stereocenters. The highest BCUT2D eigenvalue weighted by Gasteiger charge is 2.30. The van der Waals surface area contributed by atoms with E-state index in [1.54, 1.807) is 0 Å². The quantitative estimate of drug-likeness (QED) is 0.909. The molecule has 1 aliphatic rings. The van der Waals surface area contributed by atoms with Crippen LogP contribution in [0.4, 0.5) is 13.2 Å². The third-order valence-corrected chi connectivity index (χ3v) is 3.03. The summed E-state index contributed by atoms with van der Waals surface area (Å²) in [7, 11) is 0. The number of alkyl halides is 3. The predicted octanol–water partition coefficient (Wildman–Crippen LogP) is 2.44. The number of benzene rings is 1. The lowest BCUT2D eigenvalue weighted by molar-refractivity contribution is -0.137. The minimum atomic E-state index is -4.34. The van der Waals surface area contributed by atoms with E-state index in [1.807, 2.05) is 0 Å². The van der Waals surface area contributed by atoms with Gasteiger partial charge in [0.05, 0.1) is 11.5 Å². The molecule has 1 fully saturated rings. The van der Waals surface area contributed by atoms with Gasteiger partial charge in [-0.05, 0) is 24.3 Å². The fraction of sp³-hybridized carbons (Fsp3) is 0.333. The van der Waals surface area contributed by atoms with Crippen LogP contribution in [0.25, 0.3) is 11.5 Å². The van der Waals surface area contributed by atoms with Crippen molar-refractivity contribution in [3.05, 3.63) is 35.7 Å². The molecule has 1 aromatic heterocycles. The highest BCUT2D eigenvalue weighted by molar-refractivity contribution is 5.53. The van der Waals surface area contributed by atoms with E-state index < -0.39 is 11.7 Å². The van der Waals surface area contributed by atoms with Crippen LogP contribution in [0.2, 0.25) is 0 Å². The van der Waals surface area contributed by atoms with Crippen LogP contribution in [0.5, 0.6) is 0 Å². The summed E-state index contributed by atoms with van der Waals surface area (Å²) in [4.78, 5) is 0. The average Bonchev–Trinajstić information content (AvgIpc) is 2.75. The molecule has 1 aromatic carbocycles. The van der Waals surface area contributed by atoms with Gasteiger partial charge >= 0.3 is 6.18 Å². The van der Waals surface area contributed by atoms with E-state index in [9.17, 15) is 13.2 Å². The summed E-state index contributed by atoms with van der Waals surface area (Å²) in [5.41, 5.74) is -0.210. The predicted molar refractivity (Wildman–Crippen MR) is 60.3 cm³/mol. The van der Waals surface area contributed by atoms with Crippen molar-refractivity contribution in [2.75, 3.05) is 13.1 Å². The Morgan fingerprint density at radius 1 is 1.11 bits per heavy atom. The normalized spacial score (nSPS) is 16.4. The van der Waals surface area contributed by atoms with E-state index in [0.29, 0.717) is 11.5 Å². The molecule has 4 nitrogen and oxygen atoms in total. The molecule has 0 bridgehead atoms. The van der Waals surface area contributed by atoms with Crippen LogP contribution in [-0.4, -0.2) is 23.3 Å². The van der Waals surface area contributed by atoms with Crippen LogP contribution in [0.1, 0.15) is 17.4 Å². The Labute approximate surface area is 106 Å². The first-order valence-electron chi connectivity index (χ1n) is 5.76. The van der Waals surface area contributed by atoms with Crippen LogP contribution in [0.15, 0.2) is 28.7 Å². The minimum absolute atomic E-state index is 0.204. The summed E-state index contributed by atoms with van der Waals surface area (Å²) in [6.45, 7) is 1.57. The first kappa shape index (κ1) is 12.2. The van der Waals surface area contributed by atoms with Crippen molar-refractivity contribution in [3.63, 3.8) is 0 Å². The van der Waals surface area contributed by atoms with Gasteiger partial charge in [-0.1, -0.05) is 0 Å². The van der Waals surface area contributed by atoms with Crippen molar-refractivity contribution in [1.29, 1.82) is 0 Å². The standard InChI is InChI=1S/C12H10F3N3O/c13-12(14,15)9-3-1-7(2-4-9)10-17-18-11(19-10)8-5-16-6-8/h1-4,8,16H,5-6H2. The molecule has 1 aliphatic heterocycles. The second-order valence-electron chi connectivity index (χ2n) is 4.38. The van der Waals surface area contributed by atoms with Gasteiger partial charge in [0, 0.05) is 18.7 Å². The number of hydrogen-bond acceptors (Lipinski definition) is 4. The lowest BCUT2D eigenvalue weighted by Gasteiger charge is -2.22. The summed E-state index contributed by atoms with van der Waals surface area (Å²) in [6, 6.07) is 4.67. The van der Waals surface area contributed by atoms with E-state index in [1.165, 1.54) is 12.1 Å². The Hall–Kier alpha value is -1.89. The molecule has 0 unspecified atom stereocenters. The molecule has 0 radical (unpaired) electrons. The fourth-order valence-corrected chi connectivity index (χ4v) is 1.78. The van der Waals surface area contributed by atoms with E-state index in [0.717, 1.165) is 25.2 Å². The second kappa shape index (κ2) is 4.34. The molecule has 100 valence electrons. The van der Waals surface area contributed by atoms with Crippen LogP contribution >= 0.6 is 0 Å². The summed E-state index contributed by atoms with van der Waals surface area (Å²) >= 11 is 0. The summed E-state index contributed by atoms with van der Waals surface area (Å²) in [5.74, 6) is 0.972. The third kappa shape index (κ3) is 2.33. The molecule has 0 amide bonds. The maximum Gasteiger partial charge on any atom is 0.416 e. The van der Waals surface area contributed by atoms with Gasteiger partial charge in [-0.3, -0.25) is 0 Å². The third-order valence-electron chi connectivity index (χ3n) is 3.03. The van der Waals surface area contributed by atoms with Crippen LogP contribution in [-0.2, 0) is 6.18 Å². The van der Waals surface area contributed by atoms with Crippen LogP contribution in [0, 0.1) is 0 Å². The molecular formula is C12H10F3N3O. The second-order valence-corrected chi connectivity index (χ2v) is 4.38. The molecule has 1 N–H and O–H groups in total. The maximum atomic E-state index is 12.4. The Kier molecular flexibility index (Phi) is 2.78. The number of rotatable bonds is 2. The van der Waals surface area contributed by atoms with Crippen molar-refractivity contribution in [1.82, 2.24) is 15.5 Å². The molecule has 7 heteroatoms. The first-order valence-corrected chi connectivity index (χ1v) is 5.76. The molecule has 1 saturated heterocycles. The first-order chi connectivity index (χ1) is 9.04. The zero-order valence-corrected chi connectivity index (χ0v) is 9.74. The number of halogens is 3. The number of hydrogen-bond donors (Lipinski definition) is 1. The highest BCUT2D eigenvalue weighted by Crippen LogP contribution is 2.31. The number of aromatic nitrogens is 2. The maximum absolute atomic E-state index is 12.4. The number of nitrogens with one attached hydrogen (secondary N) is 1. The van der Waals surface area contributed by atoms with Crippen molar-refractivity contribution in [2.24, 2.45) is 0 Å². The van der Waals surface area contributed by atoms with Crippen molar-refractivity contribution >= 4 is 0 Å². The van der Waals surface area contributed by atoms with Gasteiger partial charge in [0.15, 0.2) is 0 Å². The zero-order valence-electron chi connectivity index (χ0n) is 9.74. The zero-order chi connectivity index (χ0) is 13.5. The molecule has 0 aliphatic carbocycles. The van der Waals surface area contributed by atoms with Gasteiger partial charge in [-0.15, -0.1) is 10.2 Å². The molecule has 2 heterocycles. The van der Waals surface area contributed by atoms with Crippen molar-refractivity contribution in [3.8, 4) is 11.5 Å². The monoisotopic (exact) mass is 269 g/mol. The molecule has 19 heavy (non-hydrogen) atoms. The smallest absolute Gasteiger partial charge is 0.416 e. The van der Waals surface area contributed by atoms with Gasteiger partial charge in [0.2, 0.25) is 11.8 Å². The van der Waals surface area contributed by atoms with Crippen LogP contribution < -0.4 is 5.32 Å². The SMILES string of the molecule is FC(F)(F)c1ccc(-c2nnc(C3CNC3)o2)cc1. The topological polar surface area (TPSA) is 51.0 Å². The summed E-state index contributed by atoms with van der Waals surface area (Å²) in [5, 5.41) is 10.8. The van der Waals surface area contributed by atoms with Gasteiger partial charge in [-0.2, -0.15) is 13.2 Å².